The van der Waals surface area contributed by atoms with Crippen LogP contribution in [0.15, 0.2) is 47.6 Å². The number of hydrogen-bond acceptors (Lipinski definition) is 4. The van der Waals surface area contributed by atoms with E-state index in [2.05, 4.69) is 32.7 Å². The third kappa shape index (κ3) is 6.72. The van der Waals surface area contributed by atoms with Crippen LogP contribution in [0.1, 0.15) is 24.0 Å². The van der Waals surface area contributed by atoms with Gasteiger partial charge in [0.05, 0.1) is 7.11 Å². The summed E-state index contributed by atoms with van der Waals surface area (Å²) in [6.45, 7) is 3.10. The van der Waals surface area contributed by atoms with Gasteiger partial charge in [-0.25, -0.2) is 4.98 Å². The van der Waals surface area contributed by atoms with Crippen LogP contribution >= 0.6 is 35.6 Å². The van der Waals surface area contributed by atoms with E-state index in [9.17, 15) is 0 Å². The lowest BCUT2D eigenvalue weighted by Gasteiger charge is -2.38. The van der Waals surface area contributed by atoms with Crippen molar-refractivity contribution >= 4 is 41.5 Å². The molecule has 164 valence electrons. The zero-order valence-electron chi connectivity index (χ0n) is 17.5. The number of aliphatic imine (C=N–C) groups is 1. The lowest BCUT2D eigenvalue weighted by molar-refractivity contribution is 0.0513. The molecule has 1 aromatic carbocycles. The number of methoxy groups -OCH3 is 1. The fourth-order valence-corrected chi connectivity index (χ4v) is 3.74. The predicted molar refractivity (Wildman–Crippen MR) is 132 cm³/mol. The molecule has 1 aromatic heterocycles. The molecule has 1 fully saturated rings. The number of ether oxygens (including phenoxy) is 2. The van der Waals surface area contributed by atoms with Crippen molar-refractivity contribution < 1.29 is 9.47 Å². The van der Waals surface area contributed by atoms with Gasteiger partial charge in [-0.3, -0.25) is 4.99 Å². The van der Waals surface area contributed by atoms with Crippen LogP contribution in [0.3, 0.4) is 0 Å². The van der Waals surface area contributed by atoms with Crippen LogP contribution in [0.2, 0.25) is 5.15 Å². The molecule has 3 rings (SSSR count). The first kappa shape index (κ1) is 24.7. The van der Waals surface area contributed by atoms with E-state index in [0.717, 1.165) is 62.8 Å². The normalized spacial score (nSPS) is 15.8. The molecule has 1 saturated heterocycles. The van der Waals surface area contributed by atoms with Crippen molar-refractivity contribution in [1.82, 2.24) is 15.6 Å². The van der Waals surface area contributed by atoms with Gasteiger partial charge in [-0.1, -0.05) is 29.8 Å². The molecule has 0 atom stereocenters. The lowest BCUT2D eigenvalue weighted by Crippen LogP contribution is -2.48. The standard InChI is InChI=1S/C22H29ClN4O2.HI/c1-24-21(25-12-9-17-3-8-20(23)26-15-17)27-16-22(10-13-29-14-11-22)18-4-6-19(28-2)7-5-18;/h3-8,15H,9-14,16H2,1-2H3,(H2,24,25,27);1H. The summed E-state index contributed by atoms with van der Waals surface area (Å²) < 4.78 is 10.9. The minimum atomic E-state index is 0. The van der Waals surface area contributed by atoms with E-state index in [-0.39, 0.29) is 29.4 Å². The molecule has 0 bridgehead atoms. The Labute approximate surface area is 200 Å². The van der Waals surface area contributed by atoms with Crippen molar-refractivity contribution in [2.45, 2.75) is 24.7 Å². The molecule has 0 aliphatic carbocycles. The van der Waals surface area contributed by atoms with Gasteiger partial charge in [-0.15, -0.1) is 24.0 Å². The van der Waals surface area contributed by atoms with E-state index in [1.54, 1.807) is 20.4 Å². The first-order valence-corrected chi connectivity index (χ1v) is 10.3. The zero-order valence-corrected chi connectivity index (χ0v) is 20.6. The second-order valence-corrected chi connectivity index (χ2v) is 7.60. The number of guanidine groups is 1. The van der Waals surface area contributed by atoms with Crippen molar-refractivity contribution in [2.24, 2.45) is 4.99 Å². The van der Waals surface area contributed by atoms with E-state index < -0.39 is 0 Å². The van der Waals surface area contributed by atoms with E-state index in [4.69, 9.17) is 21.1 Å². The number of aromatic nitrogens is 1. The van der Waals surface area contributed by atoms with Gasteiger partial charge in [0.25, 0.3) is 0 Å². The number of halogens is 2. The average Bonchev–Trinajstić information content (AvgIpc) is 2.78. The van der Waals surface area contributed by atoms with Gasteiger partial charge in [0.1, 0.15) is 10.9 Å². The van der Waals surface area contributed by atoms with Gasteiger partial charge < -0.3 is 20.1 Å². The molecule has 30 heavy (non-hydrogen) atoms. The summed E-state index contributed by atoms with van der Waals surface area (Å²) in [7, 11) is 3.49. The molecule has 6 nitrogen and oxygen atoms in total. The van der Waals surface area contributed by atoms with Gasteiger partial charge in [0.15, 0.2) is 5.96 Å². The summed E-state index contributed by atoms with van der Waals surface area (Å²) in [5.41, 5.74) is 2.45. The third-order valence-electron chi connectivity index (χ3n) is 5.46. The fourth-order valence-electron chi connectivity index (χ4n) is 3.63. The quantitative estimate of drug-likeness (QED) is 0.240. The monoisotopic (exact) mass is 544 g/mol. The van der Waals surface area contributed by atoms with Crippen molar-refractivity contribution in [3.8, 4) is 5.75 Å². The van der Waals surface area contributed by atoms with Gasteiger partial charge in [-0.2, -0.15) is 0 Å². The Balaban J connectivity index is 0.00000320. The molecule has 1 aliphatic heterocycles. The largest absolute Gasteiger partial charge is 0.497 e. The highest BCUT2D eigenvalue weighted by molar-refractivity contribution is 14.0. The predicted octanol–water partition coefficient (Wildman–Crippen LogP) is 3.82. The number of nitrogens with one attached hydrogen (secondary N) is 2. The Kier molecular flexibility index (Phi) is 10.1. The molecule has 0 saturated carbocycles. The first-order valence-electron chi connectivity index (χ1n) is 9.92. The topological polar surface area (TPSA) is 67.8 Å². The van der Waals surface area contributed by atoms with Gasteiger partial charge in [-0.05, 0) is 48.6 Å². The number of pyridine rings is 1. The second-order valence-electron chi connectivity index (χ2n) is 7.21. The van der Waals surface area contributed by atoms with Crippen LogP contribution in [0.5, 0.6) is 5.75 Å². The summed E-state index contributed by atoms with van der Waals surface area (Å²) >= 11 is 5.84. The van der Waals surface area contributed by atoms with Gasteiger partial charge in [0, 0.05) is 45.0 Å². The molecule has 2 N–H and O–H groups in total. The molecular formula is C22H30ClIN4O2. The van der Waals surface area contributed by atoms with E-state index >= 15 is 0 Å². The van der Waals surface area contributed by atoms with Crippen LogP contribution in [0.4, 0.5) is 0 Å². The third-order valence-corrected chi connectivity index (χ3v) is 5.69. The van der Waals surface area contributed by atoms with E-state index in [0.29, 0.717) is 5.15 Å². The fraction of sp³-hybridized carbons (Fsp3) is 0.455. The highest BCUT2D eigenvalue weighted by Crippen LogP contribution is 2.35. The summed E-state index contributed by atoms with van der Waals surface area (Å²) in [4.78, 5) is 8.50. The van der Waals surface area contributed by atoms with E-state index in [1.165, 1.54) is 5.56 Å². The van der Waals surface area contributed by atoms with Crippen molar-refractivity contribution in [1.29, 1.82) is 0 Å². The lowest BCUT2D eigenvalue weighted by atomic mass is 9.74. The van der Waals surface area contributed by atoms with Crippen LogP contribution in [-0.4, -0.2) is 51.4 Å². The Hall–Kier alpha value is -1.58. The molecule has 0 unspecified atom stereocenters. The SMILES string of the molecule is CN=C(NCCc1ccc(Cl)nc1)NCC1(c2ccc(OC)cc2)CCOCC1.I. The molecule has 0 amide bonds. The van der Waals surface area contributed by atoms with Crippen molar-refractivity contribution in [3.05, 3.63) is 58.9 Å². The summed E-state index contributed by atoms with van der Waals surface area (Å²) in [6.07, 6.45) is 4.60. The van der Waals surface area contributed by atoms with Crippen molar-refractivity contribution in [3.63, 3.8) is 0 Å². The van der Waals surface area contributed by atoms with Gasteiger partial charge >= 0.3 is 0 Å². The van der Waals surface area contributed by atoms with Gasteiger partial charge in [0.2, 0.25) is 0 Å². The number of rotatable bonds is 7. The molecule has 2 aromatic rings. The molecule has 0 spiro atoms. The van der Waals surface area contributed by atoms with Crippen molar-refractivity contribution in [2.75, 3.05) is 40.5 Å². The minimum absolute atomic E-state index is 0. The number of benzene rings is 1. The molecule has 8 heteroatoms. The number of hydrogen-bond donors (Lipinski definition) is 2. The maximum atomic E-state index is 5.84. The Morgan fingerprint density at radius 1 is 1.17 bits per heavy atom. The minimum Gasteiger partial charge on any atom is -0.497 e. The molecule has 2 heterocycles. The van der Waals surface area contributed by atoms with Crippen LogP contribution in [-0.2, 0) is 16.6 Å². The van der Waals surface area contributed by atoms with Crippen LogP contribution in [0.25, 0.3) is 0 Å². The highest BCUT2D eigenvalue weighted by atomic mass is 127. The smallest absolute Gasteiger partial charge is 0.191 e. The molecular weight excluding hydrogens is 515 g/mol. The van der Waals surface area contributed by atoms with Crippen LogP contribution in [0, 0.1) is 0 Å². The van der Waals surface area contributed by atoms with E-state index in [1.807, 2.05) is 24.3 Å². The van der Waals surface area contributed by atoms with Crippen LogP contribution < -0.4 is 15.4 Å². The Morgan fingerprint density at radius 3 is 2.50 bits per heavy atom. The highest BCUT2D eigenvalue weighted by Gasteiger charge is 2.34. The average molecular weight is 545 g/mol. The first-order chi connectivity index (χ1) is 14.1. The summed E-state index contributed by atoms with van der Waals surface area (Å²) in [6, 6.07) is 12.2. The molecule has 1 aliphatic rings. The zero-order chi connectivity index (χ0) is 20.5. The Bertz CT molecular complexity index is 794. The molecule has 0 radical (unpaired) electrons. The maximum absolute atomic E-state index is 5.84. The Morgan fingerprint density at radius 2 is 1.90 bits per heavy atom. The summed E-state index contributed by atoms with van der Waals surface area (Å²) in [5, 5.41) is 7.42. The second kappa shape index (κ2) is 12.3. The summed E-state index contributed by atoms with van der Waals surface area (Å²) in [5.74, 6) is 1.67. The number of nitrogens with zero attached hydrogens (tertiary/aromatic N) is 2. The maximum Gasteiger partial charge on any atom is 0.191 e.